The maximum Gasteiger partial charge on any atom is 0.131 e. The minimum Gasteiger partial charge on any atom is -0.496 e. The molecular weight excluding hydrogens is 669 g/mol. The predicted molar refractivity (Wildman–Crippen MR) is 240 cm³/mol. The van der Waals surface area contributed by atoms with E-state index in [0.717, 1.165) is 5.75 Å². The Labute approximate surface area is 330 Å². The van der Waals surface area contributed by atoms with Crippen molar-refractivity contribution in [2.75, 3.05) is 7.11 Å². The molecule has 2 aliphatic carbocycles. The van der Waals surface area contributed by atoms with Gasteiger partial charge in [0.15, 0.2) is 0 Å². The number of aryl methyl sites for hydroxylation is 1. The Morgan fingerprint density at radius 3 is 1.52 bits per heavy atom. The molecule has 2 heteroatoms. The highest BCUT2D eigenvalue weighted by atomic mass is 28.3. The Bertz CT molecular complexity index is 2180. The molecule has 0 aromatic heterocycles. The molecule has 2 atom stereocenters. The molecule has 2 aliphatic rings. The standard InChI is InChI=1S/C52H68OSi/c1-31-25-38(34-19-21-35(22-20-34)49(4,5)6)39-27-32(2)47(41(39)26-31)54(17,18)48-33(3)28-40-42(48)30-44(52(13,14)15)46(53-16)45(40)37-24-23-36(50(7,8)9)29-43(37)51(10,11)12/h19-30,47-48H,1-18H3. The van der Waals surface area contributed by atoms with Crippen molar-refractivity contribution in [2.24, 2.45) is 0 Å². The average Bonchev–Trinajstić information content (AvgIpc) is 3.57. The molecule has 6 rings (SSSR count). The molecule has 0 saturated carbocycles. The number of hydrogen-bond donors (Lipinski definition) is 0. The van der Waals surface area contributed by atoms with Crippen LogP contribution >= 0.6 is 0 Å². The second-order valence-corrected chi connectivity index (χ2v) is 26.2. The molecule has 286 valence electrons. The lowest BCUT2D eigenvalue weighted by atomic mass is 9.75. The van der Waals surface area contributed by atoms with Crippen LogP contribution in [0.1, 0.15) is 158 Å². The predicted octanol–water partition coefficient (Wildman–Crippen LogP) is 15.0. The van der Waals surface area contributed by atoms with Gasteiger partial charge in [-0.05, 0) is 98.1 Å². The Morgan fingerprint density at radius 2 is 1.02 bits per heavy atom. The van der Waals surface area contributed by atoms with E-state index in [1.807, 2.05) is 7.11 Å². The van der Waals surface area contributed by atoms with Crippen molar-refractivity contribution >= 4 is 20.2 Å². The molecule has 0 saturated heterocycles. The molecule has 0 aliphatic heterocycles. The van der Waals surface area contributed by atoms with Crippen LogP contribution in [0, 0.1) is 6.92 Å². The van der Waals surface area contributed by atoms with Crippen LogP contribution in [0.5, 0.6) is 5.75 Å². The van der Waals surface area contributed by atoms with Crippen LogP contribution in [0.3, 0.4) is 0 Å². The van der Waals surface area contributed by atoms with E-state index >= 15 is 0 Å². The van der Waals surface area contributed by atoms with Crippen LogP contribution in [0.4, 0.5) is 0 Å². The van der Waals surface area contributed by atoms with E-state index in [9.17, 15) is 0 Å². The largest absolute Gasteiger partial charge is 0.496 e. The molecule has 1 nitrogen and oxygen atoms in total. The first kappa shape index (κ1) is 40.1. The maximum absolute atomic E-state index is 6.53. The Kier molecular flexibility index (Phi) is 9.83. The molecule has 0 N–H and O–H groups in total. The van der Waals surface area contributed by atoms with Gasteiger partial charge in [-0.3, -0.25) is 0 Å². The summed E-state index contributed by atoms with van der Waals surface area (Å²) in [6.45, 7) is 40.4. The third-order valence-corrected chi connectivity index (χ3v) is 17.0. The highest BCUT2D eigenvalue weighted by Gasteiger charge is 2.48. The summed E-state index contributed by atoms with van der Waals surface area (Å²) in [6, 6.07) is 24.1. The fourth-order valence-electron chi connectivity index (χ4n) is 9.85. The maximum atomic E-state index is 6.53. The normalized spacial score (nSPS) is 17.7. The molecule has 4 aromatic rings. The summed E-state index contributed by atoms with van der Waals surface area (Å²) in [4.78, 5) is 0. The summed E-state index contributed by atoms with van der Waals surface area (Å²) in [7, 11) is -0.264. The molecule has 4 aromatic carbocycles. The minimum absolute atomic E-state index is 0.0465. The Balaban J connectivity index is 1.57. The number of allylic oxidation sites excluding steroid dienone is 2. The lowest BCUT2D eigenvalue weighted by molar-refractivity contribution is 0.399. The van der Waals surface area contributed by atoms with Gasteiger partial charge in [-0.15, -0.1) is 0 Å². The van der Waals surface area contributed by atoms with E-state index in [1.165, 1.54) is 83.5 Å². The zero-order valence-electron chi connectivity index (χ0n) is 37.0. The molecule has 0 spiro atoms. The van der Waals surface area contributed by atoms with Crippen LogP contribution in [0.25, 0.3) is 34.4 Å². The summed E-state index contributed by atoms with van der Waals surface area (Å²) in [5.74, 6) is 1.03. The fourth-order valence-corrected chi connectivity index (χ4v) is 14.8. The van der Waals surface area contributed by atoms with Crippen molar-refractivity contribution in [3.8, 4) is 28.0 Å². The lowest BCUT2D eigenvalue weighted by Gasteiger charge is -2.40. The van der Waals surface area contributed by atoms with Crippen molar-refractivity contribution in [1.29, 1.82) is 0 Å². The smallest absolute Gasteiger partial charge is 0.131 e. The number of hydrogen-bond acceptors (Lipinski definition) is 1. The topological polar surface area (TPSA) is 9.23 Å². The molecule has 0 heterocycles. The summed E-state index contributed by atoms with van der Waals surface area (Å²) >= 11 is 0. The first-order valence-corrected chi connectivity index (χ1v) is 23.4. The lowest BCUT2D eigenvalue weighted by Crippen LogP contribution is -2.42. The number of methoxy groups -OCH3 is 1. The third kappa shape index (κ3) is 6.91. The summed E-state index contributed by atoms with van der Waals surface area (Å²) < 4.78 is 6.53. The van der Waals surface area contributed by atoms with E-state index in [4.69, 9.17) is 4.74 Å². The van der Waals surface area contributed by atoms with Crippen molar-refractivity contribution < 1.29 is 4.74 Å². The Morgan fingerprint density at radius 1 is 0.519 bits per heavy atom. The van der Waals surface area contributed by atoms with Crippen molar-refractivity contribution in [3.63, 3.8) is 0 Å². The SMILES string of the molecule is COc1c(C(C)(C)C)cc2c(c1-c1ccc(C(C)(C)C)cc1C(C)(C)C)C=C(C)C2[Si](C)(C)C1C(C)=Cc2c(-c3ccc(C(C)(C)C)cc3)cc(C)cc21. The van der Waals surface area contributed by atoms with E-state index in [-0.39, 0.29) is 21.7 Å². The summed E-state index contributed by atoms with van der Waals surface area (Å²) in [6.07, 6.45) is 5.07. The minimum atomic E-state index is -2.14. The molecule has 0 bridgehead atoms. The number of fused-ring (bicyclic) bond motifs is 2. The van der Waals surface area contributed by atoms with Gasteiger partial charge in [-0.1, -0.05) is 186 Å². The zero-order chi connectivity index (χ0) is 40.1. The average molecular weight is 737 g/mol. The summed E-state index contributed by atoms with van der Waals surface area (Å²) in [5, 5.41) is 0. The van der Waals surface area contributed by atoms with Crippen LogP contribution < -0.4 is 4.74 Å². The molecule has 0 amide bonds. The second kappa shape index (κ2) is 13.3. The zero-order valence-corrected chi connectivity index (χ0v) is 38.0. The van der Waals surface area contributed by atoms with Gasteiger partial charge in [-0.2, -0.15) is 0 Å². The first-order valence-electron chi connectivity index (χ1n) is 20.3. The molecular formula is C52H68OSi. The van der Waals surface area contributed by atoms with E-state index < -0.39 is 8.07 Å². The van der Waals surface area contributed by atoms with E-state index in [1.54, 1.807) is 0 Å². The van der Waals surface area contributed by atoms with Crippen LogP contribution in [0.2, 0.25) is 13.1 Å². The van der Waals surface area contributed by atoms with Crippen molar-refractivity contribution in [3.05, 3.63) is 122 Å². The van der Waals surface area contributed by atoms with Gasteiger partial charge in [0.05, 0.1) is 15.2 Å². The quantitative estimate of drug-likeness (QED) is 0.185. The number of benzene rings is 4. The van der Waals surface area contributed by atoms with Crippen molar-refractivity contribution in [2.45, 2.75) is 150 Å². The monoisotopic (exact) mass is 737 g/mol. The van der Waals surface area contributed by atoms with Gasteiger partial charge in [0.25, 0.3) is 0 Å². The van der Waals surface area contributed by atoms with E-state index in [0.29, 0.717) is 11.1 Å². The van der Waals surface area contributed by atoms with Crippen LogP contribution in [-0.2, 0) is 21.7 Å². The highest BCUT2D eigenvalue weighted by molar-refractivity contribution is 6.81. The number of ether oxygens (including phenoxy) is 1. The van der Waals surface area contributed by atoms with Gasteiger partial charge >= 0.3 is 0 Å². The summed E-state index contributed by atoms with van der Waals surface area (Å²) in [5.41, 5.74) is 21.7. The molecule has 0 radical (unpaired) electrons. The van der Waals surface area contributed by atoms with Crippen LogP contribution in [0.15, 0.2) is 71.8 Å². The van der Waals surface area contributed by atoms with Gasteiger partial charge in [-0.25, -0.2) is 0 Å². The molecule has 2 unspecified atom stereocenters. The van der Waals surface area contributed by atoms with E-state index in [2.05, 4.69) is 190 Å². The fraction of sp³-hybridized carbons (Fsp3) is 0.462. The van der Waals surface area contributed by atoms with Gasteiger partial charge < -0.3 is 4.74 Å². The first-order chi connectivity index (χ1) is 24.8. The molecule has 0 fully saturated rings. The molecule has 54 heavy (non-hydrogen) atoms. The number of rotatable bonds is 5. The third-order valence-electron chi connectivity index (χ3n) is 12.5. The Hall–Kier alpha value is -3.62. The van der Waals surface area contributed by atoms with Crippen LogP contribution in [-0.4, -0.2) is 15.2 Å². The highest BCUT2D eigenvalue weighted by Crippen LogP contribution is 2.57. The van der Waals surface area contributed by atoms with Gasteiger partial charge in [0.2, 0.25) is 0 Å². The van der Waals surface area contributed by atoms with Gasteiger partial charge in [0.1, 0.15) is 5.75 Å². The van der Waals surface area contributed by atoms with Gasteiger partial charge in [0, 0.05) is 22.2 Å². The van der Waals surface area contributed by atoms with Crippen molar-refractivity contribution in [1.82, 2.24) is 0 Å². The second-order valence-electron chi connectivity index (χ2n) is 21.5.